The van der Waals surface area contributed by atoms with Crippen LogP contribution in [0.5, 0.6) is 5.88 Å². The number of ether oxygens (including phenoxy) is 1. The van der Waals surface area contributed by atoms with Crippen LogP contribution in [0.3, 0.4) is 0 Å². The first-order chi connectivity index (χ1) is 16.6. The van der Waals surface area contributed by atoms with E-state index >= 15 is 0 Å². The normalized spacial score (nSPS) is 21.3. The van der Waals surface area contributed by atoms with Crippen LogP contribution in [0.4, 0.5) is 0 Å². The van der Waals surface area contributed by atoms with Crippen molar-refractivity contribution in [1.82, 2.24) is 15.3 Å². The molecule has 0 bridgehead atoms. The standard InChI is InChI=1S/C28H28BrN3O2/c1-34-27-24(16-21-15-22(29)9-10-25(21)32-27)26(20-8-5-12-30-18-20)28(33)11-13-31-23(17-28)14-19-6-3-2-4-7-19/h2-10,12,15-16,18,23,26,31,33H,11,13-14,17H2,1H3. The molecule has 34 heavy (non-hydrogen) atoms. The number of halogens is 1. The zero-order valence-corrected chi connectivity index (χ0v) is 20.7. The summed E-state index contributed by atoms with van der Waals surface area (Å²) in [7, 11) is 1.64. The minimum atomic E-state index is -0.984. The third kappa shape index (κ3) is 4.71. The van der Waals surface area contributed by atoms with Crippen LogP contribution < -0.4 is 10.1 Å². The number of piperidine rings is 1. The van der Waals surface area contributed by atoms with Crippen molar-refractivity contribution in [2.75, 3.05) is 13.7 Å². The topological polar surface area (TPSA) is 67.3 Å². The zero-order chi connectivity index (χ0) is 23.5. The van der Waals surface area contributed by atoms with E-state index in [1.54, 1.807) is 13.3 Å². The second-order valence-electron chi connectivity index (χ2n) is 9.04. The van der Waals surface area contributed by atoms with Gasteiger partial charge in [0.05, 0.1) is 18.2 Å². The second-order valence-corrected chi connectivity index (χ2v) is 9.96. The van der Waals surface area contributed by atoms with Crippen molar-refractivity contribution < 1.29 is 9.84 Å². The van der Waals surface area contributed by atoms with E-state index < -0.39 is 5.60 Å². The highest BCUT2D eigenvalue weighted by atomic mass is 79.9. The second kappa shape index (κ2) is 9.82. The molecule has 3 atom stereocenters. The predicted octanol–water partition coefficient (Wildman–Crippen LogP) is 5.26. The van der Waals surface area contributed by atoms with Crippen LogP contribution in [0.1, 0.15) is 35.4 Å². The molecule has 5 nitrogen and oxygen atoms in total. The molecule has 0 amide bonds. The molecular formula is C28H28BrN3O2. The van der Waals surface area contributed by atoms with Gasteiger partial charge >= 0.3 is 0 Å². The molecule has 1 aliphatic heterocycles. The summed E-state index contributed by atoms with van der Waals surface area (Å²) in [6, 6.07) is 22.7. The van der Waals surface area contributed by atoms with Gasteiger partial charge in [-0.3, -0.25) is 4.98 Å². The summed E-state index contributed by atoms with van der Waals surface area (Å²) in [4.78, 5) is 9.18. The molecule has 2 N–H and O–H groups in total. The van der Waals surface area contributed by atoms with Crippen molar-refractivity contribution in [3.05, 3.63) is 100 Å². The summed E-state index contributed by atoms with van der Waals surface area (Å²) in [6.45, 7) is 0.736. The van der Waals surface area contributed by atoms with Crippen molar-refractivity contribution >= 4 is 26.8 Å². The number of methoxy groups -OCH3 is 1. The third-order valence-corrected chi connectivity index (χ3v) is 7.24. The Bertz CT molecular complexity index is 1270. The fraction of sp³-hybridized carbons (Fsp3) is 0.286. The number of nitrogens with zero attached hydrogens (tertiary/aromatic N) is 2. The molecule has 0 spiro atoms. The minimum Gasteiger partial charge on any atom is -0.481 e. The van der Waals surface area contributed by atoms with Gasteiger partial charge in [0.15, 0.2) is 0 Å². The Labute approximate surface area is 208 Å². The van der Waals surface area contributed by atoms with E-state index in [1.807, 2.05) is 36.5 Å². The Kier molecular flexibility index (Phi) is 6.63. The molecule has 1 fully saturated rings. The molecule has 0 radical (unpaired) electrons. The van der Waals surface area contributed by atoms with Gasteiger partial charge in [0.2, 0.25) is 5.88 Å². The lowest BCUT2D eigenvalue weighted by atomic mass is 9.70. The molecule has 0 saturated carbocycles. The Morgan fingerprint density at radius 2 is 2.00 bits per heavy atom. The highest BCUT2D eigenvalue weighted by molar-refractivity contribution is 9.10. The molecule has 6 heteroatoms. The number of aromatic nitrogens is 2. The van der Waals surface area contributed by atoms with Gasteiger partial charge in [0.1, 0.15) is 0 Å². The molecule has 3 heterocycles. The van der Waals surface area contributed by atoms with Crippen molar-refractivity contribution in [2.24, 2.45) is 0 Å². The number of pyridine rings is 2. The molecule has 4 aromatic rings. The summed E-state index contributed by atoms with van der Waals surface area (Å²) in [6.07, 6.45) is 5.71. The SMILES string of the molecule is COc1nc2ccc(Br)cc2cc1C(c1cccnc1)C1(O)CCNC(Cc2ccccc2)C1. The first-order valence-corrected chi connectivity index (χ1v) is 12.4. The number of nitrogens with one attached hydrogen (secondary N) is 1. The molecular weight excluding hydrogens is 490 g/mol. The Hall–Kier alpha value is -2.80. The number of hydrogen-bond donors (Lipinski definition) is 2. The summed E-state index contributed by atoms with van der Waals surface area (Å²) in [5, 5.41) is 16.9. The molecule has 2 aromatic carbocycles. The maximum Gasteiger partial charge on any atom is 0.217 e. The smallest absolute Gasteiger partial charge is 0.217 e. The van der Waals surface area contributed by atoms with Gasteiger partial charge in [-0.2, -0.15) is 0 Å². The van der Waals surface area contributed by atoms with Gasteiger partial charge < -0.3 is 15.2 Å². The summed E-state index contributed by atoms with van der Waals surface area (Å²) < 4.78 is 6.76. The molecule has 1 saturated heterocycles. The number of aliphatic hydroxyl groups is 1. The fourth-order valence-corrected chi connectivity index (χ4v) is 5.62. The average molecular weight is 518 g/mol. The minimum absolute atomic E-state index is 0.161. The lowest BCUT2D eigenvalue weighted by Crippen LogP contribution is -2.52. The lowest BCUT2D eigenvalue weighted by molar-refractivity contribution is -0.0191. The van der Waals surface area contributed by atoms with Gasteiger partial charge in [-0.25, -0.2) is 4.98 Å². The van der Waals surface area contributed by atoms with E-state index in [1.165, 1.54) is 5.56 Å². The molecule has 5 rings (SSSR count). The number of benzene rings is 2. The van der Waals surface area contributed by atoms with E-state index in [9.17, 15) is 5.11 Å². The molecule has 2 aromatic heterocycles. The van der Waals surface area contributed by atoms with Crippen molar-refractivity contribution in [1.29, 1.82) is 0 Å². The molecule has 3 unspecified atom stereocenters. The van der Waals surface area contributed by atoms with Crippen LogP contribution in [0.15, 0.2) is 83.6 Å². The summed E-state index contributed by atoms with van der Waals surface area (Å²) >= 11 is 3.57. The van der Waals surface area contributed by atoms with Crippen LogP contribution in [-0.2, 0) is 6.42 Å². The lowest BCUT2D eigenvalue weighted by Gasteiger charge is -2.43. The van der Waals surface area contributed by atoms with Crippen LogP contribution >= 0.6 is 15.9 Å². The largest absolute Gasteiger partial charge is 0.481 e. The van der Waals surface area contributed by atoms with E-state index in [2.05, 4.69) is 62.6 Å². The Balaban J connectivity index is 1.59. The predicted molar refractivity (Wildman–Crippen MR) is 138 cm³/mol. The first-order valence-electron chi connectivity index (χ1n) is 11.6. The van der Waals surface area contributed by atoms with Crippen molar-refractivity contribution in [3.8, 4) is 5.88 Å². The van der Waals surface area contributed by atoms with Gasteiger partial charge in [0.25, 0.3) is 0 Å². The molecule has 174 valence electrons. The average Bonchev–Trinajstić information content (AvgIpc) is 2.85. The zero-order valence-electron chi connectivity index (χ0n) is 19.1. The quantitative estimate of drug-likeness (QED) is 0.365. The van der Waals surface area contributed by atoms with Crippen LogP contribution in [-0.4, -0.2) is 40.4 Å². The van der Waals surface area contributed by atoms with Crippen molar-refractivity contribution in [3.63, 3.8) is 0 Å². The monoisotopic (exact) mass is 517 g/mol. The van der Waals surface area contributed by atoms with Crippen LogP contribution in [0.25, 0.3) is 10.9 Å². The maximum atomic E-state index is 12.3. The number of fused-ring (bicyclic) bond motifs is 1. The Morgan fingerprint density at radius 3 is 2.76 bits per heavy atom. The Morgan fingerprint density at radius 1 is 1.15 bits per heavy atom. The number of rotatable bonds is 6. The maximum absolute atomic E-state index is 12.3. The van der Waals surface area contributed by atoms with Gasteiger partial charge in [-0.05, 0) is 67.3 Å². The van der Waals surface area contributed by atoms with Crippen LogP contribution in [0.2, 0.25) is 0 Å². The van der Waals surface area contributed by atoms with E-state index in [0.29, 0.717) is 18.7 Å². The van der Waals surface area contributed by atoms with Gasteiger partial charge in [-0.1, -0.05) is 52.3 Å². The van der Waals surface area contributed by atoms with Crippen LogP contribution in [0, 0.1) is 0 Å². The molecule has 0 aliphatic carbocycles. The van der Waals surface area contributed by atoms with Gasteiger partial charge in [0, 0.05) is 39.8 Å². The fourth-order valence-electron chi connectivity index (χ4n) is 5.24. The van der Waals surface area contributed by atoms with Gasteiger partial charge in [-0.15, -0.1) is 0 Å². The summed E-state index contributed by atoms with van der Waals surface area (Å²) in [5.41, 5.74) is 2.97. The highest BCUT2D eigenvalue weighted by Crippen LogP contribution is 2.45. The van der Waals surface area contributed by atoms with Crippen molar-refractivity contribution in [2.45, 2.75) is 36.8 Å². The van der Waals surface area contributed by atoms with E-state index in [-0.39, 0.29) is 12.0 Å². The highest BCUT2D eigenvalue weighted by Gasteiger charge is 2.44. The number of hydrogen-bond acceptors (Lipinski definition) is 5. The van der Waals surface area contributed by atoms with E-state index in [0.717, 1.165) is 39.5 Å². The van der Waals surface area contributed by atoms with E-state index in [4.69, 9.17) is 9.72 Å². The molecule has 1 aliphatic rings. The first kappa shape index (κ1) is 23.0. The summed E-state index contributed by atoms with van der Waals surface area (Å²) in [5.74, 6) is 0.211. The third-order valence-electron chi connectivity index (χ3n) is 6.74.